The van der Waals surface area contributed by atoms with Gasteiger partial charge in [0.25, 0.3) is 0 Å². The fourth-order valence-electron chi connectivity index (χ4n) is 2.63. The van der Waals surface area contributed by atoms with Crippen molar-refractivity contribution in [3.05, 3.63) is 54.7 Å². The highest BCUT2D eigenvalue weighted by atomic mass is 16.5. The third-order valence-electron chi connectivity index (χ3n) is 4.00. The van der Waals surface area contributed by atoms with Crippen LogP contribution in [0.4, 0.5) is 10.5 Å². The fourth-order valence-corrected chi connectivity index (χ4v) is 2.63. The third-order valence-corrected chi connectivity index (χ3v) is 4.00. The highest BCUT2D eigenvalue weighted by molar-refractivity contribution is 5.89. The molecule has 0 fully saturated rings. The molecule has 0 radical (unpaired) electrons. The molecule has 0 aliphatic carbocycles. The average molecular weight is 391 g/mol. The minimum atomic E-state index is -0.370. The maximum absolute atomic E-state index is 12.0. The lowest BCUT2D eigenvalue weighted by Gasteiger charge is -2.10. The van der Waals surface area contributed by atoms with E-state index in [4.69, 9.17) is 14.2 Å². The van der Waals surface area contributed by atoms with Gasteiger partial charge in [0, 0.05) is 23.3 Å². The Hall–Kier alpha value is -3.92. The maximum Gasteiger partial charge on any atom is 0.319 e. The molecule has 2 amide bonds. The predicted molar refractivity (Wildman–Crippen MR) is 112 cm³/mol. The number of hydrogen-bond acceptors (Lipinski definition) is 5. The summed E-state index contributed by atoms with van der Waals surface area (Å²) >= 11 is 0. The molecule has 0 aliphatic rings. The van der Waals surface area contributed by atoms with Crippen molar-refractivity contribution >= 4 is 22.6 Å². The number of urea groups is 1. The Labute approximate surface area is 169 Å². The molecule has 0 atom stereocenters. The zero-order chi connectivity index (χ0) is 20.5. The number of rotatable bonds is 6. The summed E-state index contributed by atoms with van der Waals surface area (Å²) in [6.07, 6.45) is 1.72. The van der Waals surface area contributed by atoms with Crippen LogP contribution >= 0.6 is 0 Å². The molecule has 3 aromatic rings. The van der Waals surface area contributed by atoms with E-state index in [9.17, 15) is 4.79 Å². The second-order valence-corrected chi connectivity index (χ2v) is 5.85. The third kappa shape index (κ3) is 5.30. The van der Waals surface area contributed by atoms with Crippen molar-refractivity contribution in [2.45, 2.75) is 0 Å². The highest BCUT2D eigenvalue weighted by Crippen LogP contribution is 2.29. The number of benzene rings is 2. The number of nitrogens with one attached hydrogen (secondary N) is 2. The Bertz CT molecular complexity index is 1050. The van der Waals surface area contributed by atoms with Crippen molar-refractivity contribution in [2.75, 3.05) is 32.7 Å². The van der Waals surface area contributed by atoms with E-state index in [-0.39, 0.29) is 19.2 Å². The van der Waals surface area contributed by atoms with Crippen LogP contribution in [0, 0.1) is 11.8 Å². The van der Waals surface area contributed by atoms with Gasteiger partial charge in [-0.2, -0.15) is 0 Å². The summed E-state index contributed by atoms with van der Waals surface area (Å²) in [4.78, 5) is 16.3. The predicted octanol–water partition coefficient (Wildman–Crippen LogP) is 3.46. The minimum Gasteiger partial charge on any atom is -0.493 e. The van der Waals surface area contributed by atoms with Crippen LogP contribution in [-0.2, 0) is 0 Å². The van der Waals surface area contributed by atoms with Gasteiger partial charge in [-0.05, 0) is 24.3 Å². The van der Waals surface area contributed by atoms with Gasteiger partial charge in [0.1, 0.15) is 17.9 Å². The van der Waals surface area contributed by atoms with E-state index < -0.39 is 0 Å². The first-order chi connectivity index (χ1) is 14.2. The van der Waals surface area contributed by atoms with E-state index in [2.05, 4.69) is 27.5 Å². The number of carbonyl (C=O) groups excluding carboxylic acids is 1. The number of pyridine rings is 1. The first kappa shape index (κ1) is 19.8. The van der Waals surface area contributed by atoms with E-state index in [0.717, 1.165) is 10.9 Å². The smallest absolute Gasteiger partial charge is 0.319 e. The first-order valence-electron chi connectivity index (χ1n) is 8.90. The van der Waals surface area contributed by atoms with Crippen LogP contribution in [0.5, 0.6) is 17.2 Å². The van der Waals surface area contributed by atoms with Gasteiger partial charge >= 0.3 is 6.03 Å². The average Bonchev–Trinajstić information content (AvgIpc) is 2.76. The van der Waals surface area contributed by atoms with Crippen molar-refractivity contribution in [1.82, 2.24) is 10.3 Å². The highest BCUT2D eigenvalue weighted by Gasteiger charge is 2.06. The molecule has 0 saturated carbocycles. The number of anilines is 1. The minimum absolute atomic E-state index is 0.191. The lowest BCUT2D eigenvalue weighted by atomic mass is 10.2. The molecule has 2 aromatic carbocycles. The van der Waals surface area contributed by atoms with Crippen molar-refractivity contribution in [1.29, 1.82) is 0 Å². The lowest BCUT2D eigenvalue weighted by Crippen LogP contribution is -2.28. The molecule has 1 heterocycles. The van der Waals surface area contributed by atoms with Gasteiger partial charge in [-0.1, -0.05) is 30.0 Å². The second-order valence-electron chi connectivity index (χ2n) is 5.85. The van der Waals surface area contributed by atoms with Crippen molar-refractivity contribution < 1.29 is 19.0 Å². The zero-order valence-corrected chi connectivity index (χ0v) is 16.2. The number of fused-ring (bicyclic) bond motifs is 1. The molecule has 0 unspecified atom stereocenters. The molecular weight excluding hydrogens is 370 g/mol. The summed E-state index contributed by atoms with van der Waals surface area (Å²) in [5, 5.41) is 6.38. The van der Waals surface area contributed by atoms with E-state index in [1.807, 2.05) is 30.3 Å². The molecule has 148 valence electrons. The molecule has 0 saturated heterocycles. The number of para-hydroxylation sites is 1. The van der Waals surface area contributed by atoms with Gasteiger partial charge < -0.3 is 24.8 Å². The summed E-state index contributed by atoms with van der Waals surface area (Å²) in [5.41, 5.74) is 1.38. The van der Waals surface area contributed by atoms with Crippen molar-refractivity contribution in [3.63, 3.8) is 0 Å². The largest absolute Gasteiger partial charge is 0.493 e. The monoisotopic (exact) mass is 391 g/mol. The molecule has 0 bridgehead atoms. The Morgan fingerprint density at radius 2 is 1.83 bits per heavy atom. The van der Waals surface area contributed by atoms with Gasteiger partial charge in [0.05, 0.1) is 20.8 Å². The molecular formula is C22H21N3O4. The van der Waals surface area contributed by atoms with Crippen LogP contribution in [0.15, 0.2) is 54.7 Å². The quantitative estimate of drug-likeness (QED) is 0.629. The number of carbonyl (C=O) groups is 1. The second kappa shape index (κ2) is 9.85. The molecule has 3 rings (SSSR count). The zero-order valence-electron chi connectivity index (χ0n) is 16.2. The van der Waals surface area contributed by atoms with E-state index >= 15 is 0 Å². The Morgan fingerprint density at radius 1 is 1.00 bits per heavy atom. The van der Waals surface area contributed by atoms with Crippen molar-refractivity contribution in [2.24, 2.45) is 0 Å². The van der Waals surface area contributed by atoms with Gasteiger partial charge in [0.2, 0.25) is 0 Å². The van der Waals surface area contributed by atoms with Gasteiger partial charge in [0.15, 0.2) is 11.5 Å². The molecule has 1 aromatic heterocycles. The maximum atomic E-state index is 12.0. The summed E-state index contributed by atoms with van der Waals surface area (Å²) in [7, 11) is 3.09. The van der Waals surface area contributed by atoms with Crippen LogP contribution in [0.3, 0.4) is 0 Å². The number of methoxy groups -OCH3 is 2. The van der Waals surface area contributed by atoms with Gasteiger partial charge in [-0.15, -0.1) is 0 Å². The Kier molecular flexibility index (Phi) is 6.74. The SMILES string of the molecule is COc1ccc(NC(=O)NCC#CCOc2cccc3cccnc23)cc1OC. The Morgan fingerprint density at radius 3 is 2.66 bits per heavy atom. The lowest BCUT2D eigenvalue weighted by molar-refractivity contribution is 0.253. The van der Waals surface area contributed by atoms with Crippen LogP contribution < -0.4 is 24.8 Å². The first-order valence-corrected chi connectivity index (χ1v) is 8.90. The normalized spacial score (nSPS) is 9.86. The number of nitrogens with zero attached hydrogens (tertiary/aromatic N) is 1. The summed E-state index contributed by atoms with van der Waals surface area (Å²) in [6, 6.07) is 14.3. The summed E-state index contributed by atoms with van der Waals surface area (Å²) < 4.78 is 16.1. The standard InChI is InChI=1S/C22H21N3O4/c1-27-18-11-10-17(15-20(18)28-2)25-22(26)24-12-3-4-14-29-19-9-5-7-16-8-6-13-23-21(16)19/h5-11,13,15H,12,14H2,1-2H3,(H2,24,25,26). The number of amides is 2. The van der Waals surface area contributed by atoms with E-state index in [1.165, 1.54) is 7.11 Å². The van der Waals surface area contributed by atoms with E-state index in [1.54, 1.807) is 31.5 Å². The van der Waals surface area contributed by atoms with Gasteiger partial charge in [-0.3, -0.25) is 4.98 Å². The molecule has 2 N–H and O–H groups in total. The molecule has 0 aliphatic heterocycles. The van der Waals surface area contributed by atoms with Crippen LogP contribution in [0.2, 0.25) is 0 Å². The molecule has 29 heavy (non-hydrogen) atoms. The number of aromatic nitrogens is 1. The van der Waals surface area contributed by atoms with Gasteiger partial charge in [-0.25, -0.2) is 4.79 Å². The summed E-state index contributed by atoms with van der Waals surface area (Å²) in [6.45, 7) is 0.394. The topological polar surface area (TPSA) is 81.7 Å². The number of ether oxygens (including phenoxy) is 3. The van der Waals surface area contributed by atoms with Crippen molar-refractivity contribution in [3.8, 4) is 29.1 Å². The van der Waals surface area contributed by atoms with Crippen LogP contribution in [-0.4, -0.2) is 38.4 Å². The summed E-state index contributed by atoms with van der Waals surface area (Å²) in [5.74, 6) is 7.52. The molecule has 7 nitrogen and oxygen atoms in total. The molecule has 7 heteroatoms. The van der Waals surface area contributed by atoms with Crippen LogP contribution in [0.1, 0.15) is 0 Å². The molecule has 0 spiro atoms. The number of hydrogen-bond donors (Lipinski definition) is 2. The van der Waals surface area contributed by atoms with Crippen LogP contribution in [0.25, 0.3) is 10.9 Å². The van der Waals surface area contributed by atoms with E-state index in [0.29, 0.717) is 22.9 Å². The Balaban J connectivity index is 1.46. The fraction of sp³-hybridized carbons (Fsp3) is 0.182.